The second-order valence-electron chi connectivity index (χ2n) is 14.8. The van der Waals surface area contributed by atoms with Gasteiger partial charge in [0.2, 0.25) is 0 Å². The number of ether oxygens (including phenoxy) is 2. The second-order valence-corrected chi connectivity index (χ2v) is 14.8. The SMILES string of the molecule is C.CCC1C(C)C(CO)CC(c2ccc(OC)cc2)C1c1ccc(O)cc1.CCC1C(c2ccc(O)cc2)=C(c2ccc(OC)cc2)CC(CO)C1C. The standard InChI is InChI=1S/C23H30O3.C23H28O3.CH4/c2*1-4-21-15(2)18(14-24)13-22(16-7-11-20(26-3)12-8-16)23(21)17-5-9-19(25)10-6-17;/h5-12,15,18,21-25H,4,13-14H2,1-3H3;5-12,15,18,21,24-25H,4,13-14H2,1-3H3;1H4. The predicted molar refractivity (Wildman–Crippen MR) is 218 cm³/mol. The topological polar surface area (TPSA) is 99.4 Å². The lowest BCUT2D eigenvalue weighted by Gasteiger charge is -2.46. The van der Waals surface area contributed by atoms with Crippen molar-refractivity contribution < 1.29 is 29.9 Å². The molecule has 8 unspecified atom stereocenters. The molecule has 0 bridgehead atoms. The van der Waals surface area contributed by atoms with Gasteiger partial charge in [-0.2, -0.15) is 0 Å². The minimum absolute atomic E-state index is 0. The Balaban J connectivity index is 0.000000232. The number of hydrogen-bond acceptors (Lipinski definition) is 6. The fourth-order valence-corrected chi connectivity index (χ4v) is 9.17. The van der Waals surface area contributed by atoms with E-state index in [9.17, 15) is 20.4 Å². The first-order chi connectivity index (χ1) is 25.2. The van der Waals surface area contributed by atoms with Crippen LogP contribution in [-0.2, 0) is 0 Å². The molecule has 286 valence electrons. The van der Waals surface area contributed by atoms with Gasteiger partial charge >= 0.3 is 0 Å². The Morgan fingerprint density at radius 2 is 1.09 bits per heavy atom. The van der Waals surface area contributed by atoms with Gasteiger partial charge in [0.25, 0.3) is 0 Å². The van der Waals surface area contributed by atoms with Crippen molar-refractivity contribution in [2.75, 3.05) is 27.4 Å². The molecule has 4 N–H and O–H groups in total. The van der Waals surface area contributed by atoms with E-state index in [0.29, 0.717) is 47.2 Å². The van der Waals surface area contributed by atoms with E-state index >= 15 is 0 Å². The predicted octanol–water partition coefficient (Wildman–Crippen LogP) is 10.6. The van der Waals surface area contributed by atoms with Crippen LogP contribution in [0.3, 0.4) is 0 Å². The Labute approximate surface area is 318 Å². The third kappa shape index (κ3) is 9.28. The fourth-order valence-electron chi connectivity index (χ4n) is 9.17. The van der Waals surface area contributed by atoms with Gasteiger partial charge in [0.1, 0.15) is 23.0 Å². The summed E-state index contributed by atoms with van der Waals surface area (Å²) in [6, 6.07) is 31.8. The van der Waals surface area contributed by atoms with E-state index in [1.165, 1.54) is 27.8 Å². The van der Waals surface area contributed by atoms with Gasteiger partial charge in [-0.25, -0.2) is 0 Å². The summed E-state index contributed by atoms with van der Waals surface area (Å²) < 4.78 is 10.6. The summed E-state index contributed by atoms with van der Waals surface area (Å²) in [5.41, 5.74) is 7.55. The van der Waals surface area contributed by atoms with Crippen LogP contribution in [0, 0.1) is 35.5 Å². The van der Waals surface area contributed by atoms with E-state index in [1.54, 1.807) is 38.5 Å². The molecular formula is C47H62O6. The maximum atomic E-state index is 9.96. The highest BCUT2D eigenvalue weighted by Gasteiger charge is 2.43. The number of allylic oxidation sites excluding steroid dienone is 2. The molecule has 4 aromatic carbocycles. The monoisotopic (exact) mass is 722 g/mol. The lowest BCUT2D eigenvalue weighted by Crippen LogP contribution is -2.38. The molecule has 6 heteroatoms. The summed E-state index contributed by atoms with van der Waals surface area (Å²) in [5.74, 6) is 5.37. The molecular weight excluding hydrogens is 661 g/mol. The lowest BCUT2D eigenvalue weighted by molar-refractivity contribution is 0.0692. The van der Waals surface area contributed by atoms with Crippen LogP contribution in [0.1, 0.15) is 94.9 Å². The number of rotatable bonds is 10. The first-order valence-corrected chi connectivity index (χ1v) is 19.0. The van der Waals surface area contributed by atoms with Crippen LogP contribution in [0.5, 0.6) is 23.0 Å². The molecule has 53 heavy (non-hydrogen) atoms. The van der Waals surface area contributed by atoms with Gasteiger partial charge in [0.15, 0.2) is 0 Å². The van der Waals surface area contributed by atoms with Gasteiger partial charge in [-0.3, -0.25) is 0 Å². The van der Waals surface area contributed by atoms with E-state index in [-0.39, 0.29) is 32.3 Å². The number of benzene rings is 4. The number of aliphatic hydroxyl groups excluding tert-OH is 2. The molecule has 1 saturated carbocycles. The Morgan fingerprint density at radius 1 is 0.604 bits per heavy atom. The van der Waals surface area contributed by atoms with Crippen LogP contribution in [-0.4, -0.2) is 47.9 Å². The number of aromatic hydroxyl groups is 2. The highest BCUT2D eigenvalue weighted by Crippen LogP contribution is 2.53. The van der Waals surface area contributed by atoms with Crippen LogP contribution in [0.2, 0.25) is 0 Å². The molecule has 0 amide bonds. The third-order valence-electron chi connectivity index (χ3n) is 12.2. The van der Waals surface area contributed by atoms with Crippen LogP contribution in [0.25, 0.3) is 11.1 Å². The van der Waals surface area contributed by atoms with Gasteiger partial charge in [-0.1, -0.05) is 90.1 Å². The molecule has 2 aliphatic carbocycles. The maximum Gasteiger partial charge on any atom is 0.118 e. The van der Waals surface area contributed by atoms with E-state index < -0.39 is 0 Å². The van der Waals surface area contributed by atoms with Crippen molar-refractivity contribution in [3.05, 3.63) is 119 Å². The molecule has 8 atom stereocenters. The summed E-state index contributed by atoms with van der Waals surface area (Å²) in [5, 5.41) is 39.3. The Hall–Kier alpha value is -4.26. The summed E-state index contributed by atoms with van der Waals surface area (Å²) in [6.07, 6.45) is 3.94. The van der Waals surface area contributed by atoms with Gasteiger partial charge in [0.05, 0.1) is 14.2 Å². The zero-order valence-corrected chi connectivity index (χ0v) is 31.7. The fraction of sp³-hybridized carbons (Fsp3) is 0.447. The van der Waals surface area contributed by atoms with E-state index in [0.717, 1.165) is 42.7 Å². The molecule has 6 nitrogen and oxygen atoms in total. The molecule has 2 aliphatic rings. The van der Waals surface area contributed by atoms with Crippen molar-refractivity contribution in [2.45, 2.75) is 72.6 Å². The molecule has 0 aromatic heterocycles. The van der Waals surface area contributed by atoms with Crippen LogP contribution >= 0.6 is 0 Å². The third-order valence-corrected chi connectivity index (χ3v) is 12.2. The average molecular weight is 723 g/mol. The molecule has 4 aromatic rings. The van der Waals surface area contributed by atoms with Crippen molar-refractivity contribution in [2.24, 2.45) is 35.5 Å². The van der Waals surface area contributed by atoms with Crippen molar-refractivity contribution in [1.29, 1.82) is 0 Å². The highest BCUT2D eigenvalue weighted by molar-refractivity contribution is 5.93. The van der Waals surface area contributed by atoms with E-state index in [1.807, 2.05) is 36.4 Å². The zero-order valence-electron chi connectivity index (χ0n) is 31.7. The van der Waals surface area contributed by atoms with Crippen molar-refractivity contribution >= 4 is 11.1 Å². The number of hydrogen-bond donors (Lipinski definition) is 4. The molecule has 0 spiro atoms. The lowest BCUT2D eigenvalue weighted by atomic mass is 9.58. The number of methoxy groups -OCH3 is 2. The van der Waals surface area contributed by atoms with Crippen molar-refractivity contribution in [1.82, 2.24) is 0 Å². The normalized spacial score (nSPS) is 25.4. The molecule has 1 fully saturated rings. The van der Waals surface area contributed by atoms with Crippen LogP contribution in [0.15, 0.2) is 97.1 Å². The molecule has 0 saturated heterocycles. The van der Waals surface area contributed by atoms with Crippen molar-refractivity contribution in [3.63, 3.8) is 0 Å². The van der Waals surface area contributed by atoms with Gasteiger partial charge in [-0.15, -0.1) is 0 Å². The maximum absolute atomic E-state index is 9.96. The molecule has 0 radical (unpaired) electrons. The van der Waals surface area contributed by atoms with Crippen LogP contribution < -0.4 is 9.47 Å². The number of phenolic OH excluding ortho intramolecular Hbond substituents is 2. The Morgan fingerprint density at radius 3 is 1.58 bits per heavy atom. The smallest absolute Gasteiger partial charge is 0.118 e. The summed E-state index contributed by atoms with van der Waals surface area (Å²) >= 11 is 0. The zero-order chi connectivity index (χ0) is 37.4. The number of aliphatic hydroxyl groups is 2. The minimum atomic E-state index is 0. The quantitative estimate of drug-likeness (QED) is 0.130. The summed E-state index contributed by atoms with van der Waals surface area (Å²) in [4.78, 5) is 0. The first-order valence-electron chi connectivity index (χ1n) is 19.0. The molecule has 0 aliphatic heterocycles. The minimum Gasteiger partial charge on any atom is -0.508 e. The van der Waals surface area contributed by atoms with Gasteiger partial charge in [0, 0.05) is 13.2 Å². The molecule has 6 rings (SSSR count). The second kappa shape index (κ2) is 19.2. The number of phenols is 2. The highest BCUT2D eigenvalue weighted by atomic mass is 16.5. The summed E-state index contributed by atoms with van der Waals surface area (Å²) in [6.45, 7) is 9.45. The summed E-state index contributed by atoms with van der Waals surface area (Å²) in [7, 11) is 3.36. The van der Waals surface area contributed by atoms with Gasteiger partial charge < -0.3 is 29.9 Å². The Kier molecular flexibility index (Phi) is 15.0. The largest absolute Gasteiger partial charge is 0.508 e. The van der Waals surface area contributed by atoms with E-state index in [2.05, 4.69) is 64.1 Å². The van der Waals surface area contributed by atoms with Crippen LogP contribution in [0.4, 0.5) is 0 Å². The Bertz CT molecular complexity index is 1710. The van der Waals surface area contributed by atoms with E-state index in [4.69, 9.17) is 9.47 Å². The van der Waals surface area contributed by atoms with Crippen molar-refractivity contribution in [3.8, 4) is 23.0 Å². The average Bonchev–Trinajstić information content (AvgIpc) is 3.18. The molecule has 0 heterocycles. The first kappa shape index (κ1) is 41.5. The van der Waals surface area contributed by atoms with Gasteiger partial charge in [-0.05, 0) is 149 Å².